The van der Waals surface area contributed by atoms with Crippen LogP contribution in [0.1, 0.15) is 11.1 Å². The SMILES string of the molecule is [13CH3]Oc1cc(CBr)ccc1OCc1ccccc1. The van der Waals surface area contributed by atoms with E-state index >= 15 is 0 Å². The maximum Gasteiger partial charge on any atom is 0.161 e. The molecule has 18 heavy (non-hydrogen) atoms. The molecule has 0 aliphatic rings. The number of rotatable bonds is 5. The third-order valence-corrected chi connectivity index (χ3v) is 3.27. The minimum Gasteiger partial charge on any atom is -0.493 e. The van der Waals surface area contributed by atoms with Crippen molar-refractivity contribution in [3.05, 3.63) is 59.7 Å². The molecule has 94 valence electrons. The average molecular weight is 308 g/mol. The van der Waals surface area contributed by atoms with Gasteiger partial charge in [-0.3, -0.25) is 0 Å². The Hall–Kier alpha value is -1.48. The predicted octanol–water partition coefficient (Wildman–Crippen LogP) is 4.17. The second-order valence-corrected chi connectivity index (χ2v) is 4.45. The first-order chi connectivity index (χ1) is 8.83. The molecule has 0 heterocycles. The van der Waals surface area contributed by atoms with Gasteiger partial charge in [-0.25, -0.2) is 0 Å². The third-order valence-electron chi connectivity index (χ3n) is 2.62. The molecular formula is C15H15BrO2. The van der Waals surface area contributed by atoms with Gasteiger partial charge in [-0.2, -0.15) is 0 Å². The van der Waals surface area contributed by atoms with E-state index in [0.29, 0.717) is 6.61 Å². The zero-order chi connectivity index (χ0) is 12.8. The van der Waals surface area contributed by atoms with E-state index in [2.05, 4.69) is 15.9 Å². The van der Waals surface area contributed by atoms with Crippen molar-refractivity contribution in [3.63, 3.8) is 0 Å². The molecule has 0 aliphatic carbocycles. The molecule has 0 spiro atoms. The van der Waals surface area contributed by atoms with Crippen molar-refractivity contribution in [1.29, 1.82) is 0 Å². The molecule has 0 saturated heterocycles. The minimum atomic E-state index is 0.546. The Balaban J connectivity index is 2.09. The Kier molecular flexibility index (Phi) is 4.65. The number of hydrogen-bond donors (Lipinski definition) is 0. The average Bonchev–Trinajstić information content (AvgIpc) is 2.46. The van der Waals surface area contributed by atoms with Crippen LogP contribution < -0.4 is 9.47 Å². The minimum absolute atomic E-state index is 0.546. The lowest BCUT2D eigenvalue weighted by Crippen LogP contribution is -1.98. The molecule has 0 aromatic heterocycles. The summed E-state index contributed by atoms with van der Waals surface area (Å²) >= 11 is 3.42. The first-order valence-electron chi connectivity index (χ1n) is 5.73. The lowest BCUT2D eigenvalue weighted by Gasteiger charge is -2.11. The highest BCUT2D eigenvalue weighted by atomic mass is 79.9. The van der Waals surface area contributed by atoms with Crippen LogP contribution in [0.15, 0.2) is 48.5 Å². The van der Waals surface area contributed by atoms with Crippen molar-refractivity contribution in [1.82, 2.24) is 0 Å². The van der Waals surface area contributed by atoms with Gasteiger partial charge in [0.1, 0.15) is 6.61 Å². The second kappa shape index (κ2) is 6.45. The van der Waals surface area contributed by atoms with E-state index in [-0.39, 0.29) is 0 Å². The van der Waals surface area contributed by atoms with Crippen LogP contribution in [-0.4, -0.2) is 7.11 Å². The van der Waals surface area contributed by atoms with Crippen LogP contribution in [0.25, 0.3) is 0 Å². The second-order valence-electron chi connectivity index (χ2n) is 3.89. The fraction of sp³-hybridized carbons (Fsp3) is 0.200. The largest absolute Gasteiger partial charge is 0.493 e. The molecule has 0 N–H and O–H groups in total. The predicted molar refractivity (Wildman–Crippen MR) is 76.4 cm³/mol. The normalized spacial score (nSPS) is 10.1. The van der Waals surface area contributed by atoms with Crippen LogP contribution >= 0.6 is 15.9 Å². The van der Waals surface area contributed by atoms with E-state index in [1.165, 1.54) is 5.56 Å². The highest BCUT2D eigenvalue weighted by Gasteiger charge is 2.05. The quantitative estimate of drug-likeness (QED) is 0.610. The fourth-order valence-electron chi connectivity index (χ4n) is 1.65. The molecule has 0 fully saturated rings. The van der Waals surface area contributed by atoms with E-state index < -0.39 is 0 Å². The first kappa shape index (κ1) is 13.0. The van der Waals surface area contributed by atoms with Crippen LogP contribution in [-0.2, 0) is 11.9 Å². The zero-order valence-corrected chi connectivity index (χ0v) is 11.8. The highest BCUT2D eigenvalue weighted by Crippen LogP contribution is 2.29. The molecule has 3 heteroatoms. The summed E-state index contributed by atoms with van der Waals surface area (Å²) in [7, 11) is 1.66. The number of alkyl halides is 1. The van der Waals surface area contributed by atoms with E-state index in [0.717, 1.165) is 22.4 Å². The van der Waals surface area contributed by atoms with Gasteiger partial charge in [0.05, 0.1) is 7.11 Å². The van der Waals surface area contributed by atoms with Gasteiger partial charge in [-0.05, 0) is 23.3 Å². The van der Waals surface area contributed by atoms with Crippen LogP contribution in [0.4, 0.5) is 0 Å². The van der Waals surface area contributed by atoms with Crippen molar-refractivity contribution in [2.24, 2.45) is 0 Å². The number of hydrogen-bond acceptors (Lipinski definition) is 2. The molecule has 0 saturated carbocycles. The van der Waals surface area contributed by atoms with Gasteiger partial charge >= 0.3 is 0 Å². The summed E-state index contributed by atoms with van der Waals surface area (Å²) in [5.74, 6) is 1.54. The Bertz CT molecular complexity index is 497. The molecule has 2 aromatic rings. The van der Waals surface area contributed by atoms with Crippen molar-refractivity contribution < 1.29 is 9.47 Å². The Labute approximate surface area is 116 Å². The summed E-state index contributed by atoms with van der Waals surface area (Å²) in [6.45, 7) is 0.546. The zero-order valence-electron chi connectivity index (χ0n) is 10.2. The maximum absolute atomic E-state index is 5.77. The lowest BCUT2D eigenvalue weighted by molar-refractivity contribution is 0.284. The Morgan fingerprint density at radius 3 is 2.39 bits per heavy atom. The fourth-order valence-corrected chi connectivity index (χ4v) is 2.00. The number of ether oxygens (including phenoxy) is 2. The van der Waals surface area contributed by atoms with Crippen LogP contribution in [0.2, 0.25) is 0 Å². The van der Waals surface area contributed by atoms with E-state index in [1.807, 2.05) is 48.5 Å². The van der Waals surface area contributed by atoms with E-state index in [9.17, 15) is 0 Å². The molecule has 0 unspecified atom stereocenters. The summed E-state index contributed by atoms with van der Waals surface area (Å²) in [5.41, 5.74) is 2.31. The van der Waals surface area contributed by atoms with Gasteiger partial charge in [0.25, 0.3) is 0 Å². The first-order valence-corrected chi connectivity index (χ1v) is 6.85. The number of methoxy groups -OCH3 is 1. The summed E-state index contributed by atoms with van der Waals surface area (Å²) < 4.78 is 11.1. The molecule has 0 amide bonds. The summed E-state index contributed by atoms with van der Waals surface area (Å²) in [4.78, 5) is 0. The van der Waals surface area contributed by atoms with Crippen LogP contribution in [0.3, 0.4) is 0 Å². The number of benzene rings is 2. The summed E-state index contributed by atoms with van der Waals surface area (Å²) in [6, 6.07) is 16.0. The Morgan fingerprint density at radius 2 is 1.72 bits per heavy atom. The standard InChI is InChI=1S/C15H15BrO2/c1-17-15-9-13(10-16)7-8-14(15)18-11-12-5-3-2-4-6-12/h2-9H,10-11H2,1H3/i1+1. The molecule has 0 radical (unpaired) electrons. The highest BCUT2D eigenvalue weighted by molar-refractivity contribution is 9.08. The van der Waals surface area contributed by atoms with Crippen molar-refractivity contribution in [2.75, 3.05) is 7.11 Å². The van der Waals surface area contributed by atoms with Gasteiger partial charge in [0.2, 0.25) is 0 Å². The smallest absolute Gasteiger partial charge is 0.161 e. The molecule has 0 bridgehead atoms. The third kappa shape index (κ3) is 3.26. The van der Waals surface area contributed by atoms with Gasteiger partial charge < -0.3 is 9.47 Å². The van der Waals surface area contributed by atoms with Gasteiger partial charge in [-0.15, -0.1) is 0 Å². The van der Waals surface area contributed by atoms with Crippen molar-refractivity contribution >= 4 is 15.9 Å². The van der Waals surface area contributed by atoms with Crippen molar-refractivity contribution in [2.45, 2.75) is 11.9 Å². The summed E-state index contributed by atoms with van der Waals surface area (Å²) in [6.07, 6.45) is 0. The van der Waals surface area contributed by atoms with Gasteiger partial charge in [0, 0.05) is 5.33 Å². The molecule has 0 atom stereocenters. The summed E-state index contributed by atoms with van der Waals surface area (Å²) in [5, 5.41) is 0.808. The molecule has 2 rings (SSSR count). The molecule has 2 aromatic carbocycles. The topological polar surface area (TPSA) is 18.5 Å². The molecule has 2 nitrogen and oxygen atoms in total. The van der Waals surface area contributed by atoms with E-state index in [4.69, 9.17) is 9.47 Å². The van der Waals surface area contributed by atoms with Crippen LogP contribution in [0, 0.1) is 0 Å². The van der Waals surface area contributed by atoms with Gasteiger partial charge in [-0.1, -0.05) is 52.3 Å². The Morgan fingerprint density at radius 1 is 0.944 bits per heavy atom. The van der Waals surface area contributed by atoms with Gasteiger partial charge in [0.15, 0.2) is 11.5 Å². The molecular weight excluding hydrogens is 293 g/mol. The monoisotopic (exact) mass is 307 g/mol. The maximum atomic E-state index is 5.77. The number of halogens is 1. The van der Waals surface area contributed by atoms with Crippen LogP contribution in [0.5, 0.6) is 11.5 Å². The molecule has 0 aliphatic heterocycles. The van der Waals surface area contributed by atoms with E-state index in [1.54, 1.807) is 7.11 Å². The van der Waals surface area contributed by atoms with Crippen molar-refractivity contribution in [3.8, 4) is 11.5 Å². The lowest BCUT2D eigenvalue weighted by atomic mass is 10.2.